The first kappa shape index (κ1) is 16.9. The molecule has 0 aliphatic heterocycles. The summed E-state index contributed by atoms with van der Waals surface area (Å²) in [5, 5.41) is 3.41. The second kappa shape index (κ2) is 8.90. The quantitative estimate of drug-likeness (QED) is 0.633. The molecule has 0 aliphatic carbocycles. The van der Waals surface area contributed by atoms with Crippen LogP contribution in [0.25, 0.3) is 0 Å². The minimum atomic E-state index is -0.0617. The van der Waals surface area contributed by atoms with E-state index in [4.69, 9.17) is 9.47 Å². The van der Waals surface area contributed by atoms with Gasteiger partial charge in [-0.25, -0.2) is 0 Å². The zero-order valence-electron chi connectivity index (χ0n) is 12.5. The smallest absolute Gasteiger partial charge is 0.0707 e. The summed E-state index contributed by atoms with van der Waals surface area (Å²) in [6.45, 7) is 15.1. The van der Waals surface area contributed by atoms with E-state index in [2.05, 4.69) is 46.9 Å². The molecule has 0 saturated heterocycles. The molecule has 17 heavy (non-hydrogen) atoms. The molecule has 3 heteroatoms. The first-order valence-corrected chi connectivity index (χ1v) is 6.80. The SMILES string of the molecule is CC(C)NCCCC(C)OCCOC(C)(C)C. The summed E-state index contributed by atoms with van der Waals surface area (Å²) in [7, 11) is 0. The van der Waals surface area contributed by atoms with Crippen LogP contribution in [0.1, 0.15) is 54.4 Å². The predicted octanol–water partition coefficient (Wildman–Crippen LogP) is 2.98. The second-order valence-electron chi connectivity index (χ2n) is 5.89. The number of hydrogen-bond donors (Lipinski definition) is 1. The van der Waals surface area contributed by atoms with Gasteiger partial charge in [0.1, 0.15) is 0 Å². The van der Waals surface area contributed by atoms with Gasteiger partial charge in [0.2, 0.25) is 0 Å². The maximum absolute atomic E-state index is 5.69. The van der Waals surface area contributed by atoms with Crippen molar-refractivity contribution in [3.05, 3.63) is 0 Å². The largest absolute Gasteiger partial charge is 0.376 e. The van der Waals surface area contributed by atoms with Crippen LogP contribution < -0.4 is 5.32 Å². The third-order valence-corrected chi connectivity index (χ3v) is 2.36. The molecule has 0 aliphatic rings. The predicted molar refractivity (Wildman–Crippen MR) is 73.5 cm³/mol. The van der Waals surface area contributed by atoms with Gasteiger partial charge in [0.05, 0.1) is 24.9 Å². The van der Waals surface area contributed by atoms with E-state index in [0.29, 0.717) is 25.4 Å². The molecule has 0 radical (unpaired) electrons. The van der Waals surface area contributed by atoms with E-state index in [1.54, 1.807) is 0 Å². The molecule has 0 aromatic carbocycles. The van der Waals surface area contributed by atoms with E-state index in [1.165, 1.54) is 6.42 Å². The molecular weight excluding hydrogens is 214 g/mol. The molecule has 0 aromatic heterocycles. The summed E-state index contributed by atoms with van der Waals surface area (Å²) < 4.78 is 11.3. The standard InChI is InChI=1S/C14H31NO2/c1-12(2)15-9-7-8-13(3)16-10-11-17-14(4,5)6/h12-13,15H,7-11H2,1-6H3. The van der Waals surface area contributed by atoms with E-state index < -0.39 is 0 Å². The van der Waals surface area contributed by atoms with Crippen molar-refractivity contribution in [3.63, 3.8) is 0 Å². The molecule has 0 aromatic rings. The molecule has 0 saturated carbocycles. The summed E-state index contributed by atoms with van der Waals surface area (Å²) in [5.74, 6) is 0. The molecule has 0 heterocycles. The summed E-state index contributed by atoms with van der Waals surface area (Å²) in [5.41, 5.74) is -0.0617. The summed E-state index contributed by atoms with van der Waals surface area (Å²) in [6.07, 6.45) is 2.60. The lowest BCUT2D eigenvalue weighted by atomic mass is 10.2. The number of ether oxygens (including phenoxy) is 2. The molecule has 0 bridgehead atoms. The second-order valence-corrected chi connectivity index (χ2v) is 5.89. The summed E-state index contributed by atoms with van der Waals surface area (Å²) >= 11 is 0. The van der Waals surface area contributed by atoms with Crippen molar-refractivity contribution in [3.8, 4) is 0 Å². The number of nitrogens with one attached hydrogen (secondary N) is 1. The van der Waals surface area contributed by atoms with Gasteiger partial charge in [0, 0.05) is 6.04 Å². The van der Waals surface area contributed by atoms with Gasteiger partial charge in [0.25, 0.3) is 0 Å². The highest BCUT2D eigenvalue weighted by molar-refractivity contribution is 4.59. The highest BCUT2D eigenvalue weighted by atomic mass is 16.5. The fourth-order valence-corrected chi connectivity index (χ4v) is 1.46. The van der Waals surface area contributed by atoms with Gasteiger partial charge in [-0.3, -0.25) is 0 Å². The molecule has 0 fully saturated rings. The lowest BCUT2D eigenvalue weighted by Gasteiger charge is -2.20. The normalized spacial score (nSPS) is 14.3. The van der Waals surface area contributed by atoms with Gasteiger partial charge in [-0.2, -0.15) is 0 Å². The van der Waals surface area contributed by atoms with Gasteiger partial charge in [-0.05, 0) is 47.1 Å². The number of hydrogen-bond acceptors (Lipinski definition) is 3. The summed E-state index contributed by atoms with van der Waals surface area (Å²) in [4.78, 5) is 0. The zero-order valence-corrected chi connectivity index (χ0v) is 12.5. The first-order chi connectivity index (χ1) is 7.81. The van der Waals surface area contributed by atoms with Crippen LogP contribution in [0.15, 0.2) is 0 Å². The van der Waals surface area contributed by atoms with Crippen molar-refractivity contribution in [1.82, 2.24) is 5.32 Å². The Balaban J connectivity index is 3.32. The van der Waals surface area contributed by atoms with Crippen LogP contribution in [-0.4, -0.2) is 37.5 Å². The minimum Gasteiger partial charge on any atom is -0.376 e. The average molecular weight is 245 g/mol. The van der Waals surface area contributed by atoms with Gasteiger partial charge in [0.15, 0.2) is 0 Å². The van der Waals surface area contributed by atoms with E-state index >= 15 is 0 Å². The monoisotopic (exact) mass is 245 g/mol. The fourth-order valence-electron chi connectivity index (χ4n) is 1.46. The molecule has 0 spiro atoms. The van der Waals surface area contributed by atoms with Crippen LogP contribution in [0.3, 0.4) is 0 Å². The topological polar surface area (TPSA) is 30.5 Å². The molecule has 1 atom stereocenters. The molecule has 0 rings (SSSR count). The van der Waals surface area contributed by atoms with E-state index in [9.17, 15) is 0 Å². The van der Waals surface area contributed by atoms with Crippen molar-refractivity contribution in [2.75, 3.05) is 19.8 Å². The molecule has 3 nitrogen and oxygen atoms in total. The van der Waals surface area contributed by atoms with Crippen LogP contribution in [-0.2, 0) is 9.47 Å². The molecule has 0 amide bonds. The maximum Gasteiger partial charge on any atom is 0.0707 e. The van der Waals surface area contributed by atoms with Crippen LogP contribution in [0.2, 0.25) is 0 Å². The van der Waals surface area contributed by atoms with Crippen molar-refractivity contribution < 1.29 is 9.47 Å². The van der Waals surface area contributed by atoms with Gasteiger partial charge >= 0.3 is 0 Å². The third kappa shape index (κ3) is 13.8. The van der Waals surface area contributed by atoms with Crippen molar-refractivity contribution >= 4 is 0 Å². The van der Waals surface area contributed by atoms with Crippen molar-refractivity contribution in [2.45, 2.75) is 72.1 Å². The Hall–Kier alpha value is -0.120. The molecule has 1 unspecified atom stereocenters. The lowest BCUT2D eigenvalue weighted by Crippen LogP contribution is -2.25. The Bertz CT molecular complexity index is 176. The van der Waals surface area contributed by atoms with Crippen molar-refractivity contribution in [2.24, 2.45) is 0 Å². The summed E-state index contributed by atoms with van der Waals surface area (Å²) in [6, 6.07) is 0.575. The fraction of sp³-hybridized carbons (Fsp3) is 1.00. The van der Waals surface area contributed by atoms with Gasteiger partial charge < -0.3 is 14.8 Å². The first-order valence-electron chi connectivity index (χ1n) is 6.80. The van der Waals surface area contributed by atoms with Gasteiger partial charge in [-0.15, -0.1) is 0 Å². The Labute approximate surface area is 107 Å². The zero-order chi connectivity index (χ0) is 13.3. The maximum atomic E-state index is 5.69. The Morgan fingerprint density at radius 3 is 2.24 bits per heavy atom. The highest BCUT2D eigenvalue weighted by Crippen LogP contribution is 2.07. The van der Waals surface area contributed by atoms with Crippen LogP contribution >= 0.6 is 0 Å². The third-order valence-electron chi connectivity index (χ3n) is 2.36. The lowest BCUT2D eigenvalue weighted by molar-refractivity contribution is -0.0497. The van der Waals surface area contributed by atoms with Crippen LogP contribution in [0.4, 0.5) is 0 Å². The Morgan fingerprint density at radius 1 is 1.06 bits per heavy atom. The van der Waals surface area contributed by atoms with Crippen LogP contribution in [0.5, 0.6) is 0 Å². The number of rotatable bonds is 9. The van der Waals surface area contributed by atoms with E-state index in [1.807, 2.05) is 0 Å². The van der Waals surface area contributed by atoms with Crippen LogP contribution in [0, 0.1) is 0 Å². The highest BCUT2D eigenvalue weighted by Gasteiger charge is 2.09. The molecule has 1 N–H and O–H groups in total. The molecular formula is C14H31NO2. The van der Waals surface area contributed by atoms with Crippen molar-refractivity contribution in [1.29, 1.82) is 0 Å². The average Bonchev–Trinajstić information content (AvgIpc) is 2.18. The minimum absolute atomic E-state index is 0.0617. The molecule has 104 valence electrons. The Kier molecular flexibility index (Phi) is 8.83. The Morgan fingerprint density at radius 2 is 1.71 bits per heavy atom. The van der Waals surface area contributed by atoms with Gasteiger partial charge in [-0.1, -0.05) is 13.8 Å². The van der Waals surface area contributed by atoms with E-state index in [0.717, 1.165) is 13.0 Å². The van der Waals surface area contributed by atoms with E-state index in [-0.39, 0.29) is 5.60 Å².